The quantitative estimate of drug-likeness (QED) is 0.464. The van der Waals surface area contributed by atoms with Gasteiger partial charge in [0, 0.05) is 17.3 Å². The lowest BCUT2D eigenvalue weighted by Gasteiger charge is -2.21. The second-order valence-corrected chi connectivity index (χ2v) is 9.34. The van der Waals surface area contributed by atoms with E-state index in [1.54, 1.807) is 24.5 Å². The minimum Gasteiger partial charge on any atom is -0.467 e. The Kier molecular flexibility index (Phi) is 5.41. The fourth-order valence-electron chi connectivity index (χ4n) is 3.18. The maximum atomic E-state index is 12.9. The summed E-state index contributed by atoms with van der Waals surface area (Å²) in [6.07, 6.45) is 3.39. The van der Waals surface area contributed by atoms with Gasteiger partial charge in [0.25, 0.3) is 11.8 Å². The third kappa shape index (κ3) is 4.39. The minimum atomic E-state index is -0.288. The molecule has 0 bridgehead atoms. The lowest BCUT2D eigenvalue weighted by molar-refractivity contribution is 0.0948. The first kappa shape index (κ1) is 20.9. The Morgan fingerprint density at radius 3 is 2.52 bits per heavy atom. The molecule has 0 radical (unpaired) electrons. The standard InChI is InChI=1S/C23H24N4O3S/c1-14-7-9-15(10-8-14)20(28)26-22-25-19-18(31-22)17(13-27(19)23(2,3)4)21(29)24-12-16-6-5-11-30-16/h5-11,13H,12H2,1-4H3,(H,24,29)(H,25,26,28). The van der Waals surface area contributed by atoms with Gasteiger partial charge in [-0.15, -0.1) is 0 Å². The van der Waals surface area contributed by atoms with Gasteiger partial charge in [0.05, 0.1) is 23.1 Å². The first-order chi connectivity index (χ1) is 14.7. The number of hydrogen-bond acceptors (Lipinski definition) is 5. The number of furan rings is 1. The van der Waals surface area contributed by atoms with E-state index in [2.05, 4.69) is 15.6 Å². The predicted molar refractivity (Wildman–Crippen MR) is 122 cm³/mol. The average molecular weight is 437 g/mol. The van der Waals surface area contributed by atoms with Crippen molar-refractivity contribution >= 4 is 38.6 Å². The van der Waals surface area contributed by atoms with Crippen LogP contribution in [0.5, 0.6) is 0 Å². The Morgan fingerprint density at radius 2 is 1.87 bits per heavy atom. The fourth-order valence-corrected chi connectivity index (χ4v) is 4.14. The van der Waals surface area contributed by atoms with Crippen LogP contribution in [0.25, 0.3) is 10.3 Å². The summed E-state index contributed by atoms with van der Waals surface area (Å²) >= 11 is 1.29. The number of thiazole rings is 1. The van der Waals surface area contributed by atoms with Crippen molar-refractivity contribution in [2.75, 3.05) is 5.32 Å². The SMILES string of the molecule is Cc1ccc(C(=O)Nc2nc3c(s2)c(C(=O)NCc2ccco2)cn3C(C)(C)C)cc1. The van der Waals surface area contributed by atoms with Crippen molar-refractivity contribution in [3.8, 4) is 0 Å². The minimum absolute atomic E-state index is 0.218. The molecule has 3 heterocycles. The number of nitrogens with one attached hydrogen (secondary N) is 2. The Balaban J connectivity index is 1.64. The Labute approximate surface area is 184 Å². The highest BCUT2D eigenvalue weighted by atomic mass is 32.1. The molecule has 160 valence electrons. The summed E-state index contributed by atoms with van der Waals surface area (Å²) in [7, 11) is 0. The topological polar surface area (TPSA) is 89.2 Å². The number of rotatable bonds is 5. The number of fused-ring (bicyclic) bond motifs is 1. The molecule has 0 saturated carbocycles. The van der Waals surface area contributed by atoms with Crippen LogP contribution in [0.2, 0.25) is 0 Å². The van der Waals surface area contributed by atoms with E-state index >= 15 is 0 Å². The molecule has 2 N–H and O–H groups in total. The molecule has 8 heteroatoms. The third-order valence-corrected chi connectivity index (χ3v) is 5.84. The lowest BCUT2D eigenvalue weighted by atomic mass is 10.1. The largest absolute Gasteiger partial charge is 0.467 e. The van der Waals surface area contributed by atoms with Crippen molar-refractivity contribution in [1.82, 2.24) is 14.9 Å². The summed E-state index contributed by atoms with van der Waals surface area (Å²) in [4.78, 5) is 30.1. The summed E-state index contributed by atoms with van der Waals surface area (Å²) in [6.45, 7) is 8.39. The summed E-state index contributed by atoms with van der Waals surface area (Å²) in [5, 5.41) is 6.20. The Morgan fingerprint density at radius 1 is 1.13 bits per heavy atom. The van der Waals surface area contributed by atoms with Crippen LogP contribution in [0.15, 0.2) is 53.3 Å². The van der Waals surface area contributed by atoms with Crippen molar-refractivity contribution < 1.29 is 14.0 Å². The molecule has 0 aliphatic heterocycles. The highest BCUT2D eigenvalue weighted by Crippen LogP contribution is 2.34. The molecule has 0 aliphatic carbocycles. The summed E-state index contributed by atoms with van der Waals surface area (Å²) in [5.41, 5.74) is 2.54. The van der Waals surface area contributed by atoms with E-state index in [1.165, 1.54) is 11.3 Å². The molecule has 0 fully saturated rings. The predicted octanol–water partition coefficient (Wildman–Crippen LogP) is 4.94. The van der Waals surface area contributed by atoms with Gasteiger partial charge in [-0.1, -0.05) is 29.0 Å². The van der Waals surface area contributed by atoms with E-state index in [-0.39, 0.29) is 17.4 Å². The Bertz CT molecular complexity index is 1230. The van der Waals surface area contributed by atoms with Crippen LogP contribution >= 0.6 is 11.3 Å². The molecule has 3 aromatic heterocycles. The van der Waals surface area contributed by atoms with Crippen molar-refractivity contribution in [2.45, 2.75) is 39.8 Å². The first-order valence-corrected chi connectivity index (χ1v) is 10.7. The summed E-state index contributed by atoms with van der Waals surface area (Å²) in [5.74, 6) is 0.224. The zero-order valence-electron chi connectivity index (χ0n) is 17.9. The number of benzene rings is 1. The molecular formula is C23H24N4O3S. The van der Waals surface area contributed by atoms with Crippen LogP contribution in [0, 0.1) is 6.92 Å². The smallest absolute Gasteiger partial charge is 0.257 e. The molecule has 0 saturated heterocycles. The van der Waals surface area contributed by atoms with E-state index in [0.29, 0.717) is 34.2 Å². The van der Waals surface area contributed by atoms with Gasteiger partial charge in [0.1, 0.15) is 5.76 Å². The maximum absolute atomic E-state index is 12.9. The van der Waals surface area contributed by atoms with Crippen molar-refractivity contribution in [2.24, 2.45) is 0 Å². The van der Waals surface area contributed by atoms with Gasteiger partial charge in [0.15, 0.2) is 10.8 Å². The second kappa shape index (κ2) is 8.03. The molecule has 4 rings (SSSR count). The van der Waals surface area contributed by atoms with Gasteiger partial charge < -0.3 is 14.3 Å². The number of amides is 2. The van der Waals surface area contributed by atoms with Gasteiger partial charge in [-0.2, -0.15) is 0 Å². The number of carbonyl (C=O) groups is 2. The van der Waals surface area contributed by atoms with Gasteiger partial charge in [-0.3, -0.25) is 14.9 Å². The maximum Gasteiger partial charge on any atom is 0.257 e. The number of carbonyl (C=O) groups excluding carboxylic acids is 2. The third-order valence-electron chi connectivity index (χ3n) is 4.85. The van der Waals surface area contributed by atoms with Gasteiger partial charge in [-0.05, 0) is 52.0 Å². The van der Waals surface area contributed by atoms with Crippen molar-refractivity contribution in [3.05, 3.63) is 71.3 Å². The zero-order valence-corrected chi connectivity index (χ0v) is 18.7. The number of aromatic nitrogens is 2. The number of nitrogens with zero attached hydrogens (tertiary/aromatic N) is 2. The van der Waals surface area contributed by atoms with Crippen LogP contribution in [-0.4, -0.2) is 21.4 Å². The molecule has 0 aliphatic rings. The molecule has 0 spiro atoms. The molecule has 31 heavy (non-hydrogen) atoms. The van der Waals surface area contributed by atoms with Crippen molar-refractivity contribution in [1.29, 1.82) is 0 Å². The summed E-state index contributed by atoms with van der Waals surface area (Å²) < 4.78 is 7.98. The van der Waals surface area contributed by atoms with Gasteiger partial charge >= 0.3 is 0 Å². The normalized spacial score (nSPS) is 11.6. The van der Waals surface area contributed by atoms with Gasteiger partial charge in [0.2, 0.25) is 0 Å². The molecule has 2 amide bonds. The van der Waals surface area contributed by atoms with Gasteiger partial charge in [-0.25, -0.2) is 4.98 Å². The van der Waals surface area contributed by atoms with E-state index in [0.717, 1.165) is 10.3 Å². The second-order valence-electron chi connectivity index (χ2n) is 8.34. The van der Waals surface area contributed by atoms with E-state index < -0.39 is 0 Å². The summed E-state index contributed by atoms with van der Waals surface area (Å²) in [6, 6.07) is 10.9. The van der Waals surface area contributed by atoms with E-state index in [1.807, 2.05) is 56.7 Å². The van der Waals surface area contributed by atoms with E-state index in [9.17, 15) is 9.59 Å². The molecule has 0 unspecified atom stereocenters. The number of anilines is 1. The lowest BCUT2D eigenvalue weighted by Crippen LogP contribution is -2.23. The van der Waals surface area contributed by atoms with Crippen LogP contribution in [0.1, 0.15) is 52.8 Å². The first-order valence-electron chi connectivity index (χ1n) is 9.93. The van der Waals surface area contributed by atoms with Crippen molar-refractivity contribution in [3.63, 3.8) is 0 Å². The molecule has 1 aromatic carbocycles. The highest BCUT2D eigenvalue weighted by Gasteiger charge is 2.25. The highest BCUT2D eigenvalue weighted by molar-refractivity contribution is 7.22. The number of hydrogen-bond donors (Lipinski definition) is 2. The number of aryl methyl sites for hydroxylation is 1. The molecule has 7 nitrogen and oxygen atoms in total. The van der Waals surface area contributed by atoms with Crippen LogP contribution in [0.4, 0.5) is 5.13 Å². The molecule has 0 atom stereocenters. The monoisotopic (exact) mass is 436 g/mol. The molecule has 4 aromatic rings. The zero-order chi connectivity index (χ0) is 22.2. The fraction of sp³-hybridized carbons (Fsp3) is 0.261. The van der Waals surface area contributed by atoms with Crippen LogP contribution in [-0.2, 0) is 12.1 Å². The average Bonchev–Trinajstić information content (AvgIpc) is 3.42. The molecular weight excluding hydrogens is 412 g/mol. The van der Waals surface area contributed by atoms with E-state index in [4.69, 9.17) is 4.42 Å². The van der Waals surface area contributed by atoms with Crippen LogP contribution in [0.3, 0.4) is 0 Å². The Hall–Kier alpha value is -3.39. The van der Waals surface area contributed by atoms with Crippen LogP contribution < -0.4 is 10.6 Å².